The fraction of sp³-hybridized carbons (Fsp3) is 0.0714. The third kappa shape index (κ3) is 1.47. The number of para-hydroxylation sites is 1. The van der Waals surface area contributed by atoms with E-state index in [1.807, 2.05) is 30.3 Å². The average molecular weight is 224 g/mol. The van der Waals surface area contributed by atoms with Crippen LogP contribution in [-0.4, -0.2) is 15.9 Å². The molecule has 3 heteroatoms. The first kappa shape index (κ1) is 9.90. The summed E-state index contributed by atoms with van der Waals surface area (Å²) in [5, 5.41) is 14.4. The van der Waals surface area contributed by atoms with E-state index in [-0.39, 0.29) is 0 Å². The second kappa shape index (κ2) is 3.63. The van der Waals surface area contributed by atoms with Gasteiger partial charge in [-0.3, -0.25) is 0 Å². The highest BCUT2D eigenvalue weighted by atomic mass is 16.4. The van der Waals surface area contributed by atoms with E-state index in [9.17, 15) is 0 Å². The molecule has 3 aromatic rings. The third-order valence-electron chi connectivity index (χ3n) is 3.07. The van der Waals surface area contributed by atoms with Crippen molar-refractivity contribution in [2.45, 2.75) is 6.92 Å². The Balaban J connectivity index is 2.37. The van der Waals surface area contributed by atoms with Crippen molar-refractivity contribution in [1.82, 2.24) is 4.98 Å². The molecule has 1 heterocycles. The highest BCUT2D eigenvalue weighted by Gasteiger charge is 2.05. The number of fused-ring (bicyclic) bond motifs is 3. The summed E-state index contributed by atoms with van der Waals surface area (Å²) in [6, 6.07) is 14.2. The summed E-state index contributed by atoms with van der Waals surface area (Å²) in [7, 11) is 0. The summed E-state index contributed by atoms with van der Waals surface area (Å²) in [5.41, 5.74) is 3.78. The highest BCUT2D eigenvalue weighted by Crippen LogP contribution is 2.26. The summed E-state index contributed by atoms with van der Waals surface area (Å²) in [6.07, 6.45) is 0. The van der Waals surface area contributed by atoms with Crippen LogP contribution in [0.5, 0.6) is 0 Å². The van der Waals surface area contributed by atoms with E-state index in [0.717, 1.165) is 22.0 Å². The maximum absolute atomic E-state index is 8.80. The maximum atomic E-state index is 8.80. The Labute approximate surface area is 98.4 Å². The topological polar surface area (TPSA) is 48.4 Å². The largest absolute Gasteiger partial charge is 0.411 e. The van der Waals surface area contributed by atoms with Crippen LogP contribution in [0.3, 0.4) is 0 Å². The molecule has 0 atom stereocenters. The van der Waals surface area contributed by atoms with Crippen LogP contribution in [0.2, 0.25) is 0 Å². The monoisotopic (exact) mass is 224 g/mol. The van der Waals surface area contributed by atoms with Gasteiger partial charge in [0.1, 0.15) is 0 Å². The predicted molar refractivity (Wildman–Crippen MR) is 69.8 cm³/mol. The van der Waals surface area contributed by atoms with Crippen molar-refractivity contribution in [3.05, 3.63) is 48.0 Å². The van der Waals surface area contributed by atoms with E-state index >= 15 is 0 Å². The Morgan fingerprint density at radius 3 is 2.65 bits per heavy atom. The minimum atomic E-state index is 0.622. The molecule has 84 valence electrons. The maximum Gasteiger partial charge on any atom is 0.0837 e. The number of hydrogen-bond donors (Lipinski definition) is 2. The molecule has 0 amide bonds. The van der Waals surface area contributed by atoms with Crippen molar-refractivity contribution in [2.75, 3.05) is 0 Å². The number of H-pyrrole nitrogens is 1. The minimum Gasteiger partial charge on any atom is -0.411 e. The van der Waals surface area contributed by atoms with Crippen molar-refractivity contribution in [3.8, 4) is 0 Å². The van der Waals surface area contributed by atoms with E-state index in [0.29, 0.717) is 5.71 Å². The molecule has 2 aromatic carbocycles. The number of hydrogen-bond acceptors (Lipinski definition) is 2. The Hall–Kier alpha value is -2.29. The van der Waals surface area contributed by atoms with Crippen molar-refractivity contribution in [1.29, 1.82) is 0 Å². The van der Waals surface area contributed by atoms with Gasteiger partial charge in [0.15, 0.2) is 0 Å². The zero-order valence-corrected chi connectivity index (χ0v) is 9.44. The number of oxime groups is 1. The fourth-order valence-corrected chi connectivity index (χ4v) is 2.13. The van der Waals surface area contributed by atoms with E-state index in [1.165, 1.54) is 5.39 Å². The number of rotatable bonds is 1. The molecule has 0 bridgehead atoms. The Morgan fingerprint density at radius 1 is 1.06 bits per heavy atom. The van der Waals surface area contributed by atoms with Gasteiger partial charge >= 0.3 is 0 Å². The zero-order valence-electron chi connectivity index (χ0n) is 9.44. The Morgan fingerprint density at radius 2 is 1.82 bits per heavy atom. The summed E-state index contributed by atoms with van der Waals surface area (Å²) in [6.45, 7) is 1.79. The normalized spacial score (nSPS) is 12.4. The molecule has 0 aliphatic rings. The van der Waals surface area contributed by atoms with Crippen LogP contribution in [0.15, 0.2) is 47.6 Å². The molecule has 0 radical (unpaired) electrons. The quantitative estimate of drug-likeness (QED) is 0.371. The summed E-state index contributed by atoms with van der Waals surface area (Å²) in [5.74, 6) is 0. The predicted octanol–water partition coefficient (Wildman–Crippen LogP) is 3.52. The second-order valence-electron chi connectivity index (χ2n) is 4.12. The van der Waals surface area contributed by atoms with Gasteiger partial charge in [-0.1, -0.05) is 29.4 Å². The number of aromatic amines is 1. The van der Waals surface area contributed by atoms with Crippen LogP contribution in [0.1, 0.15) is 12.5 Å². The standard InChI is InChI=1S/C14H12N2O/c1-9(16-17)10-6-7-14-12(8-10)11-4-2-3-5-13(11)15-14/h2-8,15,17H,1H3. The Bertz CT molecular complexity index is 725. The molecule has 1 aromatic heterocycles. The van der Waals surface area contributed by atoms with E-state index in [1.54, 1.807) is 6.92 Å². The third-order valence-corrected chi connectivity index (χ3v) is 3.07. The lowest BCUT2D eigenvalue weighted by Crippen LogP contribution is -1.93. The number of nitrogens with zero attached hydrogens (tertiary/aromatic N) is 1. The van der Waals surface area contributed by atoms with Crippen molar-refractivity contribution in [2.24, 2.45) is 5.16 Å². The summed E-state index contributed by atoms with van der Waals surface area (Å²) < 4.78 is 0. The second-order valence-corrected chi connectivity index (χ2v) is 4.12. The van der Waals surface area contributed by atoms with Crippen LogP contribution in [0, 0.1) is 0 Å². The number of aromatic nitrogens is 1. The SMILES string of the molecule is CC(=NO)c1ccc2[nH]c3ccccc3c2c1. The summed E-state index contributed by atoms with van der Waals surface area (Å²) in [4.78, 5) is 3.36. The van der Waals surface area contributed by atoms with Gasteiger partial charge in [-0.2, -0.15) is 0 Å². The molecule has 0 aliphatic heterocycles. The van der Waals surface area contributed by atoms with Gasteiger partial charge in [0, 0.05) is 21.8 Å². The van der Waals surface area contributed by atoms with Gasteiger partial charge in [0.25, 0.3) is 0 Å². The van der Waals surface area contributed by atoms with Crippen molar-refractivity contribution >= 4 is 27.5 Å². The molecular formula is C14H12N2O. The van der Waals surface area contributed by atoms with Crippen LogP contribution >= 0.6 is 0 Å². The lowest BCUT2D eigenvalue weighted by atomic mass is 10.1. The van der Waals surface area contributed by atoms with Gasteiger partial charge in [0.2, 0.25) is 0 Å². The molecule has 0 fully saturated rings. The molecule has 0 unspecified atom stereocenters. The number of benzene rings is 2. The van der Waals surface area contributed by atoms with Crippen LogP contribution in [0.25, 0.3) is 21.8 Å². The lowest BCUT2D eigenvalue weighted by Gasteiger charge is -1.98. The van der Waals surface area contributed by atoms with Crippen LogP contribution in [-0.2, 0) is 0 Å². The molecule has 0 aliphatic carbocycles. The molecule has 17 heavy (non-hydrogen) atoms. The summed E-state index contributed by atoms with van der Waals surface area (Å²) >= 11 is 0. The molecule has 0 saturated heterocycles. The molecule has 3 nitrogen and oxygen atoms in total. The molecule has 3 rings (SSSR count). The molecule has 0 spiro atoms. The Kier molecular flexibility index (Phi) is 2.11. The lowest BCUT2D eigenvalue weighted by molar-refractivity contribution is 0.319. The van der Waals surface area contributed by atoms with Crippen molar-refractivity contribution < 1.29 is 5.21 Å². The molecule has 0 saturated carbocycles. The van der Waals surface area contributed by atoms with Gasteiger partial charge in [-0.25, -0.2) is 0 Å². The smallest absolute Gasteiger partial charge is 0.0837 e. The molecule has 2 N–H and O–H groups in total. The van der Waals surface area contributed by atoms with E-state index in [4.69, 9.17) is 5.21 Å². The van der Waals surface area contributed by atoms with Crippen LogP contribution < -0.4 is 0 Å². The van der Waals surface area contributed by atoms with E-state index in [2.05, 4.69) is 22.3 Å². The van der Waals surface area contributed by atoms with Crippen LogP contribution in [0.4, 0.5) is 0 Å². The van der Waals surface area contributed by atoms with Gasteiger partial charge in [-0.15, -0.1) is 0 Å². The van der Waals surface area contributed by atoms with Gasteiger partial charge in [0.05, 0.1) is 5.71 Å². The van der Waals surface area contributed by atoms with Gasteiger partial charge < -0.3 is 10.2 Å². The first-order valence-electron chi connectivity index (χ1n) is 5.49. The number of nitrogens with one attached hydrogen (secondary N) is 1. The average Bonchev–Trinajstić information content (AvgIpc) is 2.75. The van der Waals surface area contributed by atoms with Crippen molar-refractivity contribution in [3.63, 3.8) is 0 Å². The first-order chi connectivity index (χ1) is 8.29. The zero-order chi connectivity index (χ0) is 11.8. The fourth-order valence-electron chi connectivity index (χ4n) is 2.13. The first-order valence-corrected chi connectivity index (χ1v) is 5.49. The minimum absolute atomic E-state index is 0.622. The van der Waals surface area contributed by atoms with Gasteiger partial charge in [-0.05, 0) is 30.7 Å². The highest BCUT2D eigenvalue weighted by molar-refractivity contribution is 6.10. The molecular weight excluding hydrogens is 212 g/mol. The van der Waals surface area contributed by atoms with E-state index < -0.39 is 0 Å².